The van der Waals surface area contributed by atoms with E-state index in [4.69, 9.17) is 9.47 Å². The highest BCUT2D eigenvalue weighted by Gasteiger charge is 2.37. The number of anilines is 1. The molecule has 0 bridgehead atoms. The number of ether oxygens (including phenoxy) is 2. The van der Waals surface area contributed by atoms with Crippen LogP contribution in [0.25, 0.3) is 0 Å². The number of fused-ring (bicyclic) bond motifs is 1. The van der Waals surface area contributed by atoms with Gasteiger partial charge in [0.25, 0.3) is 11.8 Å². The second-order valence-corrected chi connectivity index (χ2v) is 8.01. The SMILES string of the molecule is COc1ccc(N(CC(=O)OC(C)(C)C)C(=O)CN2C(=O)c3ccccc3C2=O)cc1. The van der Waals surface area contributed by atoms with Gasteiger partial charge in [0.15, 0.2) is 0 Å². The lowest BCUT2D eigenvalue weighted by Crippen LogP contribution is -2.45. The largest absolute Gasteiger partial charge is 0.497 e. The number of carbonyl (C=O) groups excluding carboxylic acids is 4. The molecule has 0 spiro atoms. The van der Waals surface area contributed by atoms with Crippen LogP contribution in [0.4, 0.5) is 5.69 Å². The fraction of sp³-hybridized carbons (Fsp3) is 0.304. The summed E-state index contributed by atoms with van der Waals surface area (Å²) in [5.74, 6) is -1.71. The summed E-state index contributed by atoms with van der Waals surface area (Å²) in [6, 6.07) is 12.9. The summed E-state index contributed by atoms with van der Waals surface area (Å²) in [7, 11) is 1.51. The summed E-state index contributed by atoms with van der Waals surface area (Å²) in [6.45, 7) is 4.31. The van der Waals surface area contributed by atoms with E-state index in [9.17, 15) is 19.2 Å². The van der Waals surface area contributed by atoms with Crippen molar-refractivity contribution in [3.8, 4) is 5.75 Å². The molecule has 162 valence electrons. The molecule has 0 saturated heterocycles. The third-order valence-electron chi connectivity index (χ3n) is 4.56. The number of hydrogen-bond acceptors (Lipinski definition) is 6. The Morgan fingerprint density at radius 2 is 1.48 bits per heavy atom. The predicted octanol–water partition coefficient (Wildman–Crippen LogP) is 2.67. The molecule has 2 aromatic rings. The van der Waals surface area contributed by atoms with Crippen LogP contribution < -0.4 is 9.64 Å². The van der Waals surface area contributed by atoms with Gasteiger partial charge in [-0.25, -0.2) is 0 Å². The van der Waals surface area contributed by atoms with Crippen LogP contribution >= 0.6 is 0 Å². The zero-order valence-corrected chi connectivity index (χ0v) is 17.9. The first kappa shape index (κ1) is 22.0. The molecule has 0 aliphatic carbocycles. The normalized spacial score (nSPS) is 13.1. The lowest BCUT2D eigenvalue weighted by Gasteiger charge is -2.26. The molecule has 0 atom stereocenters. The van der Waals surface area contributed by atoms with Crippen molar-refractivity contribution < 1.29 is 28.7 Å². The number of hydrogen-bond donors (Lipinski definition) is 0. The second kappa shape index (κ2) is 8.59. The molecule has 8 nitrogen and oxygen atoms in total. The lowest BCUT2D eigenvalue weighted by molar-refractivity contribution is -0.153. The molecule has 1 aliphatic heterocycles. The number of rotatable bonds is 6. The monoisotopic (exact) mass is 424 g/mol. The molecule has 31 heavy (non-hydrogen) atoms. The van der Waals surface area contributed by atoms with Crippen molar-refractivity contribution in [2.45, 2.75) is 26.4 Å². The van der Waals surface area contributed by atoms with Gasteiger partial charge in [-0.3, -0.25) is 29.0 Å². The highest BCUT2D eigenvalue weighted by atomic mass is 16.6. The molecule has 1 heterocycles. The minimum Gasteiger partial charge on any atom is -0.497 e. The summed E-state index contributed by atoms with van der Waals surface area (Å²) in [5.41, 5.74) is 0.189. The molecular formula is C23H24N2O6. The maximum Gasteiger partial charge on any atom is 0.326 e. The van der Waals surface area contributed by atoms with Gasteiger partial charge < -0.3 is 9.47 Å². The van der Waals surface area contributed by atoms with Crippen LogP contribution in [-0.2, 0) is 14.3 Å². The molecule has 1 aliphatic rings. The van der Waals surface area contributed by atoms with Crippen molar-refractivity contribution in [1.82, 2.24) is 4.90 Å². The van der Waals surface area contributed by atoms with Crippen molar-refractivity contribution in [1.29, 1.82) is 0 Å². The zero-order chi connectivity index (χ0) is 22.8. The number of benzene rings is 2. The highest BCUT2D eigenvalue weighted by Crippen LogP contribution is 2.24. The Kier molecular flexibility index (Phi) is 6.10. The van der Waals surface area contributed by atoms with Gasteiger partial charge in [0.1, 0.15) is 24.4 Å². The van der Waals surface area contributed by atoms with E-state index < -0.39 is 35.8 Å². The third kappa shape index (κ3) is 4.91. The number of carbonyl (C=O) groups is 4. The van der Waals surface area contributed by atoms with Gasteiger partial charge in [-0.05, 0) is 57.2 Å². The molecule has 0 N–H and O–H groups in total. The summed E-state index contributed by atoms with van der Waals surface area (Å²) in [4.78, 5) is 52.9. The lowest BCUT2D eigenvalue weighted by atomic mass is 10.1. The van der Waals surface area contributed by atoms with Crippen molar-refractivity contribution >= 4 is 29.4 Å². The summed E-state index contributed by atoms with van der Waals surface area (Å²) >= 11 is 0. The predicted molar refractivity (Wildman–Crippen MR) is 113 cm³/mol. The molecule has 3 amide bonds. The van der Waals surface area contributed by atoms with Crippen molar-refractivity contribution in [2.75, 3.05) is 25.1 Å². The van der Waals surface area contributed by atoms with Crippen LogP contribution in [0.1, 0.15) is 41.5 Å². The van der Waals surface area contributed by atoms with Gasteiger partial charge in [-0.15, -0.1) is 0 Å². The standard InChI is InChI=1S/C23H24N2O6/c1-23(2,3)31-20(27)14-24(15-9-11-16(30-4)12-10-15)19(26)13-25-21(28)17-7-5-6-8-18(17)22(25)29/h5-12H,13-14H2,1-4H3. The van der Waals surface area contributed by atoms with Gasteiger partial charge in [0, 0.05) is 5.69 Å². The van der Waals surface area contributed by atoms with E-state index in [-0.39, 0.29) is 17.7 Å². The number of amides is 3. The maximum atomic E-state index is 13.1. The van der Waals surface area contributed by atoms with Gasteiger partial charge in [-0.1, -0.05) is 12.1 Å². The third-order valence-corrected chi connectivity index (χ3v) is 4.56. The van der Waals surface area contributed by atoms with E-state index >= 15 is 0 Å². The van der Waals surface area contributed by atoms with Crippen molar-refractivity contribution in [3.05, 3.63) is 59.7 Å². The minimum absolute atomic E-state index is 0.253. The molecule has 2 aromatic carbocycles. The highest BCUT2D eigenvalue weighted by molar-refractivity contribution is 6.22. The Morgan fingerprint density at radius 1 is 0.935 bits per heavy atom. The Morgan fingerprint density at radius 3 is 1.97 bits per heavy atom. The first-order valence-electron chi connectivity index (χ1n) is 9.72. The van der Waals surface area contributed by atoms with E-state index in [1.165, 1.54) is 12.0 Å². The van der Waals surface area contributed by atoms with E-state index in [0.717, 1.165) is 4.90 Å². The molecule has 0 aromatic heterocycles. The van der Waals surface area contributed by atoms with E-state index in [1.54, 1.807) is 69.3 Å². The van der Waals surface area contributed by atoms with E-state index in [0.29, 0.717) is 11.4 Å². The fourth-order valence-electron chi connectivity index (χ4n) is 3.19. The fourth-order valence-corrected chi connectivity index (χ4v) is 3.19. The topological polar surface area (TPSA) is 93.2 Å². The van der Waals surface area contributed by atoms with Crippen LogP contribution in [0.15, 0.2) is 48.5 Å². The van der Waals surface area contributed by atoms with Crippen LogP contribution in [0.3, 0.4) is 0 Å². The smallest absolute Gasteiger partial charge is 0.326 e. The molecular weight excluding hydrogens is 400 g/mol. The minimum atomic E-state index is -0.728. The second-order valence-electron chi connectivity index (χ2n) is 8.01. The van der Waals surface area contributed by atoms with Crippen molar-refractivity contribution in [3.63, 3.8) is 0 Å². The Balaban J connectivity index is 1.84. The van der Waals surface area contributed by atoms with Crippen LogP contribution in [0.5, 0.6) is 5.75 Å². The maximum absolute atomic E-state index is 13.1. The first-order valence-corrected chi connectivity index (χ1v) is 9.72. The molecule has 0 unspecified atom stereocenters. The Hall–Kier alpha value is -3.68. The molecule has 0 radical (unpaired) electrons. The summed E-state index contributed by atoms with van der Waals surface area (Å²) in [5, 5.41) is 0. The number of esters is 1. The van der Waals surface area contributed by atoms with Gasteiger partial charge >= 0.3 is 5.97 Å². The molecule has 0 fully saturated rings. The molecule has 0 saturated carbocycles. The zero-order valence-electron chi connectivity index (χ0n) is 17.9. The van der Waals surface area contributed by atoms with E-state index in [1.807, 2.05) is 0 Å². The van der Waals surface area contributed by atoms with Crippen LogP contribution in [-0.4, -0.2) is 54.4 Å². The molecule has 8 heteroatoms. The quantitative estimate of drug-likeness (QED) is 0.523. The van der Waals surface area contributed by atoms with Crippen LogP contribution in [0, 0.1) is 0 Å². The van der Waals surface area contributed by atoms with Crippen molar-refractivity contribution in [2.24, 2.45) is 0 Å². The number of nitrogens with zero attached hydrogens (tertiary/aromatic N) is 2. The van der Waals surface area contributed by atoms with Gasteiger partial charge in [-0.2, -0.15) is 0 Å². The van der Waals surface area contributed by atoms with E-state index in [2.05, 4.69) is 0 Å². The molecule has 3 rings (SSSR count). The average Bonchev–Trinajstić information content (AvgIpc) is 2.96. The number of methoxy groups -OCH3 is 1. The Bertz CT molecular complexity index is 988. The first-order chi connectivity index (χ1) is 14.6. The van der Waals surface area contributed by atoms with Gasteiger partial charge in [0.2, 0.25) is 5.91 Å². The Labute approximate surface area is 180 Å². The van der Waals surface area contributed by atoms with Gasteiger partial charge in [0.05, 0.1) is 18.2 Å². The summed E-state index contributed by atoms with van der Waals surface area (Å²) in [6.07, 6.45) is 0. The number of imide groups is 1. The van der Waals surface area contributed by atoms with Crippen LogP contribution in [0.2, 0.25) is 0 Å². The summed E-state index contributed by atoms with van der Waals surface area (Å²) < 4.78 is 10.5. The average molecular weight is 424 g/mol.